The molecule has 2 N–H and O–H groups in total. The largest absolute Gasteiger partial charge is 0.481 e. The Kier molecular flexibility index (Phi) is 3.29. The lowest BCUT2D eigenvalue weighted by Gasteiger charge is -2.05. The Bertz CT molecular complexity index is 621. The number of hydrogen-bond acceptors (Lipinski definition) is 4. The second-order valence-corrected chi connectivity index (χ2v) is 5.02. The van der Waals surface area contributed by atoms with Crippen LogP contribution in [0.2, 0.25) is 0 Å². The Hall–Kier alpha value is -1.95. The zero-order valence-electron chi connectivity index (χ0n) is 9.93. The maximum Gasteiger partial charge on any atom is 0.310 e. The molecular weight excluding hydrogens is 252 g/mol. The number of aromatic nitrogens is 1. The summed E-state index contributed by atoms with van der Waals surface area (Å²) in [4.78, 5) is 26.1. The molecule has 0 saturated heterocycles. The van der Waals surface area contributed by atoms with Crippen LogP contribution in [0.25, 0.3) is 10.2 Å². The predicted octanol–water partition coefficient (Wildman–Crippen LogP) is 2.44. The summed E-state index contributed by atoms with van der Waals surface area (Å²) in [6, 6.07) is 5.32. The van der Waals surface area contributed by atoms with Gasteiger partial charge in [0.15, 0.2) is 5.13 Å². The van der Waals surface area contributed by atoms with Gasteiger partial charge in [-0.15, -0.1) is 0 Å². The van der Waals surface area contributed by atoms with E-state index in [0.717, 1.165) is 15.8 Å². The lowest BCUT2D eigenvalue weighted by molar-refractivity contribution is -0.138. The van der Waals surface area contributed by atoms with E-state index < -0.39 is 11.9 Å². The molecule has 0 bridgehead atoms. The number of nitrogens with zero attached hydrogens (tertiary/aromatic N) is 1. The number of carbonyl (C=O) groups is 2. The number of benzene rings is 1. The summed E-state index contributed by atoms with van der Waals surface area (Å²) in [6.45, 7) is 3.06. The maximum absolute atomic E-state index is 10.9. The minimum atomic E-state index is -0.860. The molecule has 1 heterocycles. The topological polar surface area (TPSA) is 79.3 Å². The molecule has 1 unspecified atom stereocenters. The van der Waals surface area contributed by atoms with Gasteiger partial charge in [-0.25, -0.2) is 4.98 Å². The molecule has 0 saturated carbocycles. The highest BCUT2D eigenvalue weighted by Gasteiger charge is 2.15. The third-order valence-electron chi connectivity index (χ3n) is 2.57. The molecule has 18 heavy (non-hydrogen) atoms. The van der Waals surface area contributed by atoms with Gasteiger partial charge in [-0.1, -0.05) is 17.4 Å². The lowest BCUT2D eigenvalue weighted by Crippen LogP contribution is -2.06. The zero-order chi connectivity index (χ0) is 13.3. The number of carbonyl (C=O) groups excluding carboxylic acids is 1. The number of hydrogen-bond donors (Lipinski definition) is 2. The SMILES string of the molecule is CC(=O)Nc1nc2ccc(C(C)C(=O)O)cc2s1. The summed E-state index contributed by atoms with van der Waals surface area (Å²) in [5.74, 6) is -1.59. The Morgan fingerprint density at radius 2 is 2.17 bits per heavy atom. The Morgan fingerprint density at radius 1 is 1.44 bits per heavy atom. The van der Waals surface area contributed by atoms with Gasteiger partial charge < -0.3 is 10.4 Å². The van der Waals surface area contributed by atoms with Crippen molar-refractivity contribution in [2.24, 2.45) is 0 Å². The van der Waals surface area contributed by atoms with E-state index in [2.05, 4.69) is 10.3 Å². The van der Waals surface area contributed by atoms with Crippen molar-refractivity contribution in [3.05, 3.63) is 23.8 Å². The summed E-state index contributed by atoms with van der Waals surface area (Å²) in [7, 11) is 0. The van der Waals surface area contributed by atoms with E-state index >= 15 is 0 Å². The van der Waals surface area contributed by atoms with Gasteiger partial charge in [0, 0.05) is 6.92 Å². The quantitative estimate of drug-likeness (QED) is 0.892. The number of amides is 1. The van der Waals surface area contributed by atoms with Gasteiger partial charge in [-0.3, -0.25) is 9.59 Å². The van der Waals surface area contributed by atoms with Crippen molar-refractivity contribution in [2.75, 3.05) is 5.32 Å². The molecule has 94 valence electrons. The highest BCUT2D eigenvalue weighted by atomic mass is 32.1. The smallest absolute Gasteiger partial charge is 0.310 e. The van der Waals surface area contributed by atoms with E-state index in [9.17, 15) is 9.59 Å². The third-order valence-corrected chi connectivity index (χ3v) is 3.50. The van der Waals surface area contributed by atoms with Crippen molar-refractivity contribution < 1.29 is 14.7 Å². The first-order valence-electron chi connectivity index (χ1n) is 5.38. The molecule has 2 rings (SSSR count). The van der Waals surface area contributed by atoms with Gasteiger partial charge >= 0.3 is 5.97 Å². The van der Waals surface area contributed by atoms with Crippen molar-refractivity contribution in [1.82, 2.24) is 4.98 Å². The molecule has 5 nitrogen and oxygen atoms in total. The first-order valence-corrected chi connectivity index (χ1v) is 6.20. The van der Waals surface area contributed by atoms with E-state index in [1.807, 2.05) is 0 Å². The average Bonchev–Trinajstić information content (AvgIpc) is 2.67. The number of thiazole rings is 1. The molecule has 6 heteroatoms. The second kappa shape index (κ2) is 4.73. The highest BCUT2D eigenvalue weighted by Crippen LogP contribution is 2.29. The van der Waals surface area contributed by atoms with Gasteiger partial charge in [-0.2, -0.15) is 0 Å². The number of anilines is 1. The van der Waals surface area contributed by atoms with Crippen molar-refractivity contribution in [1.29, 1.82) is 0 Å². The Labute approximate surface area is 107 Å². The molecule has 0 aliphatic rings. The average molecular weight is 264 g/mol. The van der Waals surface area contributed by atoms with Crippen LogP contribution in [-0.2, 0) is 9.59 Å². The van der Waals surface area contributed by atoms with E-state index in [1.54, 1.807) is 25.1 Å². The van der Waals surface area contributed by atoms with Crippen molar-refractivity contribution in [3.8, 4) is 0 Å². The standard InChI is InChI=1S/C12H12N2O3S/c1-6(11(16)17)8-3-4-9-10(5-8)18-12(14-9)13-7(2)15/h3-6H,1-2H3,(H,16,17)(H,13,14,15). The van der Waals surface area contributed by atoms with Crippen LogP contribution in [0.5, 0.6) is 0 Å². The van der Waals surface area contributed by atoms with Crippen LogP contribution in [-0.4, -0.2) is 22.0 Å². The summed E-state index contributed by atoms with van der Waals surface area (Å²) in [5.41, 5.74) is 1.48. The van der Waals surface area contributed by atoms with E-state index in [1.165, 1.54) is 18.3 Å². The molecule has 2 aromatic rings. The van der Waals surface area contributed by atoms with Crippen LogP contribution >= 0.6 is 11.3 Å². The molecule has 0 fully saturated rings. The minimum Gasteiger partial charge on any atom is -0.481 e. The highest BCUT2D eigenvalue weighted by molar-refractivity contribution is 7.22. The second-order valence-electron chi connectivity index (χ2n) is 3.99. The van der Waals surface area contributed by atoms with Gasteiger partial charge in [0.1, 0.15) is 0 Å². The minimum absolute atomic E-state index is 0.173. The molecular formula is C12H12N2O3S. The molecule has 1 aromatic carbocycles. The number of fused-ring (bicyclic) bond motifs is 1. The number of carboxylic acid groups (broad SMARTS) is 1. The zero-order valence-corrected chi connectivity index (χ0v) is 10.7. The van der Waals surface area contributed by atoms with Crippen LogP contribution < -0.4 is 5.32 Å². The lowest BCUT2D eigenvalue weighted by atomic mass is 10.0. The van der Waals surface area contributed by atoms with Crippen molar-refractivity contribution in [3.63, 3.8) is 0 Å². The molecule has 0 aliphatic carbocycles. The number of rotatable bonds is 3. The fourth-order valence-corrected chi connectivity index (χ4v) is 2.52. The Balaban J connectivity index is 2.39. The first-order chi connectivity index (χ1) is 8.47. The first kappa shape index (κ1) is 12.5. The summed E-state index contributed by atoms with van der Waals surface area (Å²) < 4.78 is 0.865. The van der Waals surface area contributed by atoms with Crippen molar-refractivity contribution in [2.45, 2.75) is 19.8 Å². The van der Waals surface area contributed by atoms with E-state index in [4.69, 9.17) is 5.11 Å². The monoisotopic (exact) mass is 264 g/mol. The fourth-order valence-electron chi connectivity index (χ4n) is 1.56. The molecule has 0 radical (unpaired) electrons. The van der Waals surface area contributed by atoms with Gasteiger partial charge in [-0.05, 0) is 24.6 Å². The van der Waals surface area contributed by atoms with Crippen molar-refractivity contribution >= 4 is 38.6 Å². The third kappa shape index (κ3) is 2.48. The molecule has 1 amide bonds. The molecule has 1 atom stereocenters. The number of aliphatic carboxylic acids is 1. The maximum atomic E-state index is 10.9. The van der Waals surface area contributed by atoms with E-state index in [-0.39, 0.29) is 5.91 Å². The van der Waals surface area contributed by atoms with Gasteiger partial charge in [0.2, 0.25) is 5.91 Å². The summed E-state index contributed by atoms with van der Waals surface area (Å²) in [6.07, 6.45) is 0. The van der Waals surface area contributed by atoms with Crippen LogP contribution in [0.1, 0.15) is 25.3 Å². The predicted molar refractivity (Wildman–Crippen MR) is 70.0 cm³/mol. The molecule has 0 aliphatic heterocycles. The van der Waals surface area contributed by atoms with Gasteiger partial charge in [0.05, 0.1) is 16.1 Å². The fraction of sp³-hybridized carbons (Fsp3) is 0.250. The Morgan fingerprint density at radius 3 is 2.78 bits per heavy atom. The van der Waals surface area contributed by atoms with E-state index in [0.29, 0.717) is 5.13 Å². The number of carboxylic acids is 1. The van der Waals surface area contributed by atoms with Crippen LogP contribution in [0.4, 0.5) is 5.13 Å². The summed E-state index contributed by atoms with van der Waals surface area (Å²) in [5, 5.41) is 12.1. The molecule has 1 aromatic heterocycles. The van der Waals surface area contributed by atoms with Crippen LogP contribution in [0.15, 0.2) is 18.2 Å². The van der Waals surface area contributed by atoms with Crippen LogP contribution in [0.3, 0.4) is 0 Å². The normalized spacial score (nSPS) is 12.3. The van der Waals surface area contributed by atoms with Crippen LogP contribution in [0, 0.1) is 0 Å². The van der Waals surface area contributed by atoms with Gasteiger partial charge in [0.25, 0.3) is 0 Å². The number of nitrogens with one attached hydrogen (secondary N) is 1. The molecule has 0 spiro atoms. The summed E-state index contributed by atoms with van der Waals surface area (Å²) >= 11 is 1.33.